The van der Waals surface area contributed by atoms with Crippen LogP contribution in [0.2, 0.25) is 5.02 Å². The molecule has 0 radical (unpaired) electrons. The highest BCUT2D eigenvalue weighted by molar-refractivity contribution is 6.30. The summed E-state index contributed by atoms with van der Waals surface area (Å²) in [5, 5.41) is 7.76. The summed E-state index contributed by atoms with van der Waals surface area (Å²) in [4.78, 5) is 12.1. The second-order valence-electron chi connectivity index (χ2n) is 5.76. The molecule has 2 aromatic rings. The Morgan fingerprint density at radius 3 is 3.09 bits per heavy atom. The number of aryl methyl sites for hydroxylation is 2. The summed E-state index contributed by atoms with van der Waals surface area (Å²) in [6.07, 6.45) is 7.03. The number of nitrogens with zero attached hydrogens (tertiary/aromatic N) is 2. The van der Waals surface area contributed by atoms with Crippen molar-refractivity contribution in [3.05, 3.63) is 52.8 Å². The number of halogens is 1. The van der Waals surface area contributed by atoms with Crippen molar-refractivity contribution < 1.29 is 4.79 Å². The van der Waals surface area contributed by atoms with E-state index < -0.39 is 0 Å². The lowest BCUT2D eigenvalue weighted by atomic mass is 9.97. The number of fused-ring (bicyclic) bond motifs is 1. The van der Waals surface area contributed by atoms with E-state index in [0.717, 1.165) is 25.8 Å². The van der Waals surface area contributed by atoms with Crippen LogP contribution in [0.3, 0.4) is 0 Å². The summed E-state index contributed by atoms with van der Waals surface area (Å²) in [6, 6.07) is 8.46. The van der Waals surface area contributed by atoms with Crippen LogP contribution in [0, 0.1) is 0 Å². The predicted molar refractivity (Wildman–Crippen MR) is 87.0 cm³/mol. The zero-order valence-electron chi connectivity index (χ0n) is 12.5. The minimum absolute atomic E-state index is 0.139. The first-order valence-corrected chi connectivity index (χ1v) is 8.12. The summed E-state index contributed by atoms with van der Waals surface area (Å²) >= 11 is 5.81. The van der Waals surface area contributed by atoms with Crippen molar-refractivity contribution in [2.24, 2.45) is 0 Å². The molecule has 5 heteroatoms. The van der Waals surface area contributed by atoms with Gasteiger partial charge in [-0.2, -0.15) is 5.10 Å². The lowest BCUT2D eigenvalue weighted by Gasteiger charge is -2.11. The second-order valence-corrected chi connectivity index (χ2v) is 6.20. The molecule has 3 rings (SSSR count). The number of rotatable bonds is 6. The third-order valence-electron chi connectivity index (χ3n) is 4.18. The molecular weight excluding hydrogens is 298 g/mol. The summed E-state index contributed by atoms with van der Waals surface area (Å²) in [5.74, 6) is 0.515. The minimum Gasteiger partial charge on any atom is -0.356 e. The van der Waals surface area contributed by atoms with E-state index in [1.54, 1.807) is 17.1 Å². The normalized spacial score (nSPS) is 16.5. The lowest BCUT2D eigenvalue weighted by molar-refractivity contribution is -0.121. The molecule has 0 unspecified atom stereocenters. The third kappa shape index (κ3) is 3.69. The molecule has 1 N–H and O–H groups in total. The molecule has 1 amide bonds. The van der Waals surface area contributed by atoms with Gasteiger partial charge in [-0.15, -0.1) is 0 Å². The SMILES string of the molecule is O=C(C[C@@H]1CCc2ccccc21)NCCCn1cc(Cl)cn1. The molecule has 116 valence electrons. The van der Waals surface area contributed by atoms with Crippen molar-refractivity contribution in [1.29, 1.82) is 0 Å². The van der Waals surface area contributed by atoms with Crippen molar-refractivity contribution in [3.63, 3.8) is 0 Å². The van der Waals surface area contributed by atoms with Crippen molar-refractivity contribution in [1.82, 2.24) is 15.1 Å². The first kappa shape index (κ1) is 15.1. The number of nitrogens with one attached hydrogen (secondary N) is 1. The molecule has 1 heterocycles. The number of hydrogen-bond acceptors (Lipinski definition) is 2. The highest BCUT2D eigenvalue weighted by Crippen LogP contribution is 2.34. The fraction of sp³-hybridized carbons (Fsp3) is 0.412. The molecule has 0 spiro atoms. The number of benzene rings is 1. The van der Waals surface area contributed by atoms with Gasteiger partial charge in [-0.3, -0.25) is 9.48 Å². The topological polar surface area (TPSA) is 46.9 Å². The first-order chi connectivity index (χ1) is 10.7. The molecule has 1 aliphatic carbocycles. The van der Waals surface area contributed by atoms with Gasteiger partial charge in [0.25, 0.3) is 0 Å². The van der Waals surface area contributed by atoms with E-state index in [0.29, 0.717) is 23.9 Å². The smallest absolute Gasteiger partial charge is 0.220 e. The molecule has 1 aliphatic rings. The fourth-order valence-corrected chi connectivity index (χ4v) is 3.24. The van der Waals surface area contributed by atoms with Gasteiger partial charge < -0.3 is 5.32 Å². The van der Waals surface area contributed by atoms with E-state index >= 15 is 0 Å². The van der Waals surface area contributed by atoms with Gasteiger partial charge in [-0.25, -0.2) is 0 Å². The Kier molecular flexibility index (Phi) is 4.78. The highest BCUT2D eigenvalue weighted by atomic mass is 35.5. The number of carbonyl (C=O) groups excluding carboxylic acids is 1. The summed E-state index contributed by atoms with van der Waals surface area (Å²) in [7, 11) is 0. The number of carbonyl (C=O) groups is 1. The van der Waals surface area contributed by atoms with Crippen LogP contribution in [0.4, 0.5) is 0 Å². The van der Waals surface area contributed by atoms with Crippen LogP contribution in [0.5, 0.6) is 0 Å². The molecule has 1 atom stereocenters. The monoisotopic (exact) mass is 317 g/mol. The van der Waals surface area contributed by atoms with Gasteiger partial charge >= 0.3 is 0 Å². The summed E-state index contributed by atoms with van der Waals surface area (Å²) in [6.45, 7) is 1.43. The zero-order chi connectivity index (χ0) is 15.4. The standard InChI is InChI=1S/C17H20ClN3O/c18-15-11-20-21(12-15)9-3-8-19-17(22)10-14-7-6-13-4-1-2-5-16(13)14/h1-2,4-5,11-12,14H,3,6-10H2,(H,19,22)/t14-/m0/s1. The largest absolute Gasteiger partial charge is 0.356 e. The van der Waals surface area contributed by atoms with Crippen LogP contribution in [0.1, 0.15) is 36.3 Å². The summed E-state index contributed by atoms with van der Waals surface area (Å²) < 4.78 is 1.79. The Balaban J connectivity index is 1.40. The maximum Gasteiger partial charge on any atom is 0.220 e. The van der Waals surface area contributed by atoms with E-state index in [-0.39, 0.29) is 5.91 Å². The van der Waals surface area contributed by atoms with Crippen LogP contribution in [-0.4, -0.2) is 22.2 Å². The van der Waals surface area contributed by atoms with Crippen molar-refractivity contribution >= 4 is 17.5 Å². The summed E-state index contributed by atoms with van der Waals surface area (Å²) in [5.41, 5.74) is 2.75. The molecule has 0 saturated carbocycles. The van der Waals surface area contributed by atoms with Gasteiger partial charge in [0.15, 0.2) is 0 Å². The van der Waals surface area contributed by atoms with E-state index in [9.17, 15) is 4.79 Å². The van der Waals surface area contributed by atoms with E-state index in [2.05, 4.69) is 34.7 Å². The molecule has 0 saturated heterocycles. The van der Waals surface area contributed by atoms with Gasteiger partial charge in [-0.1, -0.05) is 35.9 Å². The average Bonchev–Trinajstić information content (AvgIpc) is 3.11. The van der Waals surface area contributed by atoms with E-state index in [4.69, 9.17) is 11.6 Å². The number of aromatic nitrogens is 2. The van der Waals surface area contributed by atoms with E-state index in [1.165, 1.54) is 11.1 Å². The molecule has 1 aromatic carbocycles. The fourth-order valence-electron chi connectivity index (χ4n) is 3.08. The van der Waals surface area contributed by atoms with E-state index in [1.807, 2.05) is 0 Å². The molecule has 22 heavy (non-hydrogen) atoms. The van der Waals surface area contributed by atoms with Crippen molar-refractivity contribution in [2.45, 2.75) is 38.1 Å². The van der Waals surface area contributed by atoms with Gasteiger partial charge in [-0.05, 0) is 36.3 Å². The molecule has 4 nitrogen and oxygen atoms in total. The minimum atomic E-state index is 0.139. The molecule has 0 aliphatic heterocycles. The van der Waals surface area contributed by atoms with Crippen LogP contribution in [0.25, 0.3) is 0 Å². The Morgan fingerprint density at radius 1 is 1.41 bits per heavy atom. The van der Waals surface area contributed by atoms with Crippen molar-refractivity contribution in [2.75, 3.05) is 6.54 Å². The van der Waals surface area contributed by atoms with Gasteiger partial charge in [0.05, 0.1) is 11.2 Å². The van der Waals surface area contributed by atoms with Gasteiger partial charge in [0.2, 0.25) is 5.91 Å². The van der Waals surface area contributed by atoms with Crippen LogP contribution >= 0.6 is 11.6 Å². The molecule has 1 aromatic heterocycles. The van der Waals surface area contributed by atoms with Crippen LogP contribution in [0.15, 0.2) is 36.7 Å². The maximum absolute atomic E-state index is 12.1. The first-order valence-electron chi connectivity index (χ1n) is 7.75. The molecule has 0 fully saturated rings. The number of hydrogen-bond donors (Lipinski definition) is 1. The van der Waals surface area contributed by atoms with Gasteiger partial charge in [0, 0.05) is 25.7 Å². The lowest BCUT2D eigenvalue weighted by Crippen LogP contribution is -2.26. The Hall–Kier alpha value is -1.81. The third-order valence-corrected chi connectivity index (χ3v) is 4.37. The Bertz CT molecular complexity index is 653. The maximum atomic E-state index is 12.1. The molecule has 0 bridgehead atoms. The second kappa shape index (κ2) is 6.97. The zero-order valence-corrected chi connectivity index (χ0v) is 13.2. The average molecular weight is 318 g/mol. The quantitative estimate of drug-likeness (QED) is 0.832. The van der Waals surface area contributed by atoms with Crippen LogP contribution in [-0.2, 0) is 17.8 Å². The highest BCUT2D eigenvalue weighted by Gasteiger charge is 2.23. The Labute approximate surface area is 135 Å². The van der Waals surface area contributed by atoms with Crippen LogP contribution < -0.4 is 5.32 Å². The number of amides is 1. The molecular formula is C17H20ClN3O. The van der Waals surface area contributed by atoms with Crippen molar-refractivity contribution in [3.8, 4) is 0 Å². The predicted octanol–water partition coefficient (Wildman–Crippen LogP) is 3.16. The Morgan fingerprint density at radius 2 is 2.27 bits per heavy atom. The van der Waals surface area contributed by atoms with Gasteiger partial charge in [0.1, 0.15) is 0 Å².